The van der Waals surface area contributed by atoms with Gasteiger partial charge in [0.1, 0.15) is 17.6 Å². The first kappa shape index (κ1) is 18.5. The van der Waals surface area contributed by atoms with Crippen LogP contribution < -0.4 is 15.6 Å². The molecule has 1 unspecified atom stereocenters. The van der Waals surface area contributed by atoms with Gasteiger partial charge in [-0.15, -0.1) is 0 Å². The molecule has 2 aromatic rings. The molecule has 2 aliphatic heterocycles. The van der Waals surface area contributed by atoms with Gasteiger partial charge in [-0.3, -0.25) is 24.7 Å². The third-order valence-corrected chi connectivity index (χ3v) is 5.00. The van der Waals surface area contributed by atoms with Gasteiger partial charge in [-0.05, 0) is 36.2 Å². The lowest BCUT2D eigenvalue weighted by Crippen LogP contribution is -2.40. The molecule has 0 saturated carbocycles. The van der Waals surface area contributed by atoms with Crippen LogP contribution in [-0.4, -0.2) is 35.0 Å². The van der Waals surface area contributed by atoms with Crippen LogP contribution in [0.1, 0.15) is 12.0 Å². The smallest absolute Gasteiger partial charge is 0.274 e. The summed E-state index contributed by atoms with van der Waals surface area (Å²) >= 11 is 0. The summed E-state index contributed by atoms with van der Waals surface area (Å²) in [5.41, 5.74) is 7.18. The molecule has 0 spiro atoms. The summed E-state index contributed by atoms with van der Waals surface area (Å²) in [7, 11) is 0. The molecule has 2 aromatic carbocycles. The van der Waals surface area contributed by atoms with Gasteiger partial charge in [-0.1, -0.05) is 6.07 Å². The number of benzene rings is 2. The van der Waals surface area contributed by atoms with E-state index < -0.39 is 28.6 Å². The van der Waals surface area contributed by atoms with Crippen molar-refractivity contribution < 1.29 is 18.9 Å². The van der Waals surface area contributed by atoms with E-state index >= 15 is 0 Å². The van der Waals surface area contributed by atoms with Gasteiger partial charge in [0, 0.05) is 25.1 Å². The Morgan fingerprint density at radius 3 is 2.59 bits per heavy atom. The third kappa shape index (κ3) is 3.28. The lowest BCUT2D eigenvalue weighted by atomic mass is 10.1. The number of hydrogen-bond donors (Lipinski definition) is 1. The molecule has 2 amide bonds. The first-order valence-electron chi connectivity index (χ1n) is 8.86. The second-order valence-corrected chi connectivity index (χ2v) is 6.77. The van der Waals surface area contributed by atoms with E-state index in [1.165, 1.54) is 46.3 Å². The molecule has 0 bridgehead atoms. The SMILES string of the molecule is NC(=O)C1CC(C(=O)N2CCc3ccc([N+](=O)[O-])cc32)=NN1c1ccc(F)cc1. The van der Waals surface area contributed by atoms with Gasteiger partial charge in [0.25, 0.3) is 11.6 Å². The summed E-state index contributed by atoms with van der Waals surface area (Å²) < 4.78 is 13.2. The van der Waals surface area contributed by atoms with E-state index in [9.17, 15) is 24.1 Å². The van der Waals surface area contributed by atoms with E-state index in [1.807, 2.05) is 0 Å². The lowest BCUT2D eigenvalue weighted by Gasteiger charge is -2.20. The van der Waals surface area contributed by atoms with Crippen LogP contribution in [0.5, 0.6) is 0 Å². The molecule has 29 heavy (non-hydrogen) atoms. The van der Waals surface area contributed by atoms with Crippen molar-refractivity contribution in [3.63, 3.8) is 0 Å². The highest BCUT2D eigenvalue weighted by atomic mass is 19.1. The maximum Gasteiger partial charge on any atom is 0.274 e. The number of rotatable bonds is 4. The first-order chi connectivity index (χ1) is 13.8. The van der Waals surface area contributed by atoms with Crippen molar-refractivity contribution in [3.8, 4) is 0 Å². The highest BCUT2D eigenvalue weighted by molar-refractivity contribution is 6.45. The lowest BCUT2D eigenvalue weighted by molar-refractivity contribution is -0.384. The number of carbonyl (C=O) groups is 2. The van der Waals surface area contributed by atoms with Gasteiger partial charge < -0.3 is 10.6 Å². The maximum atomic E-state index is 13.2. The number of carbonyl (C=O) groups excluding carboxylic acids is 2. The van der Waals surface area contributed by atoms with E-state index in [2.05, 4.69) is 5.10 Å². The zero-order chi connectivity index (χ0) is 20.7. The fourth-order valence-corrected chi connectivity index (χ4v) is 3.54. The predicted octanol–water partition coefficient (Wildman–Crippen LogP) is 1.74. The molecule has 2 N–H and O–H groups in total. The van der Waals surface area contributed by atoms with E-state index in [4.69, 9.17) is 5.73 Å². The summed E-state index contributed by atoms with van der Waals surface area (Å²) in [6.45, 7) is 0.353. The average Bonchev–Trinajstić information content (AvgIpc) is 3.32. The fourth-order valence-electron chi connectivity index (χ4n) is 3.54. The highest BCUT2D eigenvalue weighted by Gasteiger charge is 2.38. The fraction of sp³-hybridized carbons (Fsp3) is 0.211. The molecular formula is C19H16FN5O4. The minimum Gasteiger partial charge on any atom is -0.368 e. The van der Waals surface area contributed by atoms with Crippen molar-refractivity contribution in [3.05, 3.63) is 64.0 Å². The molecule has 2 aliphatic rings. The van der Waals surface area contributed by atoms with Crippen molar-refractivity contribution in [2.45, 2.75) is 18.9 Å². The summed E-state index contributed by atoms with van der Waals surface area (Å²) in [6.07, 6.45) is 0.555. The minimum absolute atomic E-state index is 0.00764. The van der Waals surface area contributed by atoms with Crippen molar-refractivity contribution in [1.29, 1.82) is 0 Å². The number of nitro benzene ring substituents is 1. The van der Waals surface area contributed by atoms with Crippen LogP contribution in [0.4, 0.5) is 21.5 Å². The van der Waals surface area contributed by atoms with Crippen LogP contribution in [-0.2, 0) is 16.0 Å². The molecule has 10 heteroatoms. The number of amides is 2. The molecule has 0 aromatic heterocycles. The van der Waals surface area contributed by atoms with E-state index in [0.29, 0.717) is 24.3 Å². The van der Waals surface area contributed by atoms with Crippen molar-refractivity contribution in [1.82, 2.24) is 0 Å². The Morgan fingerprint density at radius 2 is 1.93 bits per heavy atom. The summed E-state index contributed by atoms with van der Waals surface area (Å²) in [5, 5.41) is 16.6. The molecular weight excluding hydrogens is 381 g/mol. The van der Waals surface area contributed by atoms with Gasteiger partial charge in [-0.25, -0.2) is 4.39 Å². The zero-order valence-corrected chi connectivity index (χ0v) is 15.1. The standard InChI is InChI=1S/C19H16FN5O4/c20-12-2-5-13(6-3-12)24-17(18(21)26)10-15(22-24)19(27)23-8-7-11-1-4-14(25(28)29)9-16(11)23/h1-6,9,17H,7-8,10H2,(H2,21,26). The van der Waals surface area contributed by atoms with Crippen LogP contribution in [0.15, 0.2) is 47.6 Å². The Morgan fingerprint density at radius 1 is 1.21 bits per heavy atom. The number of nitro groups is 1. The van der Waals surface area contributed by atoms with Gasteiger partial charge in [-0.2, -0.15) is 5.10 Å². The molecule has 0 saturated heterocycles. The van der Waals surface area contributed by atoms with Gasteiger partial charge in [0.05, 0.1) is 16.3 Å². The minimum atomic E-state index is -0.883. The van der Waals surface area contributed by atoms with Gasteiger partial charge >= 0.3 is 0 Å². The number of hydrazone groups is 1. The van der Waals surface area contributed by atoms with Crippen LogP contribution in [0.25, 0.3) is 0 Å². The summed E-state index contributed by atoms with van der Waals surface area (Å²) in [5.74, 6) is -1.56. The molecule has 0 aliphatic carbocycles. The number of nitrogens with zero attached hydrogens (tertiary/aromatic N) is 4. The topological polar surface area (TPSA) is 122 Å². The molecule has 9 nitrogen and oxygen atoms in total. The number of nitrogens with two attached hydrogens (primary N) is 1. The molecule has 148 valence electrons. The quantitative estimate of drug-likeness (QED) is 0.622. The normalized spacial score (nSPS) is 17.8. The molecule has 2 heterocycles. The number of non-ortho nitro benzene ring substituents is 1. The highest BCUT2D eigenvalue weighted by Crippen LogP contribution is 2.33. The Labute approximate surface area is 164 Å². The first-order valence-corrected chi connectivity index (χ1v) is 8.86. The van der Waals surface area contributed by atoms with Crippen LogP contribution >= 0.6 is 0 Å². The molecule has 1 atom stereocenters. The largest absolute Gasteiger partial charge is 0.368 e. The van der Waals surface area contributed by atoms with E-state index in [1.54, 1.807) is 6.07 Å². The molecule has 0 radical (unpaired) electrons. The van der Waals surface area contributed by atoms with Crippen molar-refractivity contribution in [2.24, 2.45) is 10.8 Å². The molecule has 0 fully saturated rings. The van der Waals surface area contributed by atoms with E-state index in [-0.39, 0.29) is 17.8 Å². The number of anilines is 2. The number of fused-ring (bicyclic) bond motifs is 1. The monoisotopic (exact) mass is 397 g/mol. The maximum absolute atomic E-state index is 13.2. The Bertz CT molecular complexity index is 1050. The second-order valence-electron chi connectivity index (χ2n) is 6.77. The average molecular weight is 397 g/mol. The predicted molar refractivity (Wildman–Crippen MR) is 103 cm³/mol. The van der Waals surface area contributed by atoms with Crippen LogP contribution in [0.3, 0.4) is 0 Å². The van der Waals surface area contributed by atoms with Crippen LogP contribution in [0, 0.1) is 15.9 Å². The van der Waals surface area contributed by atoms with E-state index in [0.717, 1.165) is 5.56 Å². The Hall–Kier alpha value is -3.82. The Kier molecular flexibility index (Phi) is 4.45. The molecule has 4 rings (SSSR count). The third-order valence-electron chi connectivity index (χ3n) is 5.00. The number of primary amides is 1. The van der Waals surface area contributed by atoms with Crippen LogP contribution in [0.2, 0.25) is 0 Å². The van der Waals surface area contributed by atoms with Gasteiger partial charge in [0.15, 0.2) is 0 Å². The van der Waals surface area contributed by atoms with Crippen molar-refractivity contribution in [2.75, 3.05) is 16.5 Å². The van der Waals surface area contributed by atoms with Crippen molar-refractivity contribution >= 4 is 34.6 Å². The Balaban J connectivity index is 1.65. The van der Waals surface area contributed by atoms with Gasteiger partial charge in [0.2, 0.25) is 5.91 Å². The zero-order valence-electron chi connectivity index (χ0n) is 15.1. The second kappa shape index (κ2) is 6.97. The summed E-state index contributed by atoms with van der Waals surface area (Å²) in [6, 6.07) is 8.84. The number of hydrogen-bond acceptors (Lipinski definition) is 6. The number of halogens is 1. The summed E-state index contributed by atoms with van der Waals surface area (Å²) in [4.78, 5) is 36.9.